The van der Waals surface area contributed by atoms with Gasteiger partial charge in [-0.05, 0) is 30.5 Å². The third kappa shape index (κ3) is 4.02. The molecule has 19 heavy (non-hydrogen) atoms. The van der Waals surface area contributed by atoms with Crippen molar-refractivity contribution < 1.29 is 9.47 Å². The lowest BCUT2D eigenvalue weighted by Gasteiger charge is -2.20. The van der Waals surface area contributed by atoms with Crippen molar-refractivity contribution in [1.29, 1.82) is 0 Å². The van der Waals surface area contributed by atoms with E-state index in [0.717, 1.165) is 37.2 Å². The Balaban J connectivity index is 1.95. The maximum Gasteiger partial charge on any atom is 0.0866 e. The number of benzene rings is 1. The number of hydrogen-bond acceptors (Lipinski definition) is 3. The zero-order valence-electron chi connectivity index (χ0n) is 11.6. The number of hydrogen-bond donors (Lipinski definition) is 1. The van der Waals surface area contributed by atoms with Crippen LogP contribution in [0.15, 0.2) is 22.7 Å². The van der Waals surface area contributed by atoms with Gasteiger partial charge < -0.3 is 14.8 Å². The number of halogens is 1. The SMILES string of the molecule is COCCNCC1CCOC1c1ccc(Br)c(C)c1. The van der Waals surface area contributed by atoms with E-state index in [9.17, 15) is 0 Å². The molecule has 1 aromatic rings. The Morgan fingerprint density at radius 2 is 2.32 bits per heavy atom. The minimum absolute atomic E-state index is 0.224. The molecule has 0 aromatic heterocycles. The molecule has 0 saturated carbocycles. The Labute approximate surface area is 123 Å². The molecule has 1 aromatic carbocycles. The second kappa shape index (κ2) is 7.39. The van der Waals surface area contributed by atoms with Gasteiger partial charge in [0.05, 0.1) is 12.7 Å². The number of aryl methyl sites for hydroxylation is 1. The minimum Gasteiger partial charge on any atom is -0.383 e. The third-order valence-electron chi connectivity index (χ3n) is 3.61. The number of ether oxygens (including phenoxy) is 2. The molecule has 2 rings (SSSR count). The van der Waals surface area contributed by atoms with Crippen molar-refractivity contribution in [2.24, 2.45) is 5.92 Å². The maximum atomic E-state index is 5.92. The highest BCUT2D eigenvalue weighted by molar-refractivity contribution is 9.10. The topological polar surface area (TPSA) is 30.5 Å². The molecule has 1 heterocycles. The highest BCUT2D eigenvalue weighted by atomic mass is 79.9. The van der Waals surface area contributed by atoms with E-state index in [0.29, 0.717) is 5.92 Å². The summed E-state index contributed by atoms with van der Waals surface area (Å²) in [4.78, 5) is 0. The summed E-state index contributed by atoms with van der Waals surface area (Å²) in [6.45, 7) is 5.63. The first-order valence-electron chi connectivity index (χ1n) is 6.79. The number of rotatable bonds is 6. The molecule has 0 spiro atoms. The first kappa shape index (κ1) is 15.0. The second-order valence-electron chi connectivity index (χ2n) is 5.05. The number of methoxy groups -OCH3 is 1. The van der Waals surface area contributed by atoms with E-state index in [1.54, 1.807) is 7.11 Å². The molecular formula is C15H22BrNO2. The van der Waals surface area contributed by atoms with Crippen molar-refractivity contribution in [1.82, 2.24) is 5.32 Å². The van der Waals surface area contributed by atoms with Crippen molar-refractivity contribution in [3.8, 4) is 0 Å². The molecular weight excluding hydrogens is 306 g/mol. The molecule has 0 bridgehead atoms. The molecule has 2 unspecified atom stereocenters. The van der Waals surface area contributed by atoms with Gasteiger partial charge in [-0.2, -0.15) is 0 Å². The highest BCUT2D eigenvalue weighted by Gasteiger charge is 2.29. The van der Waals surface area contributed by atoms with Gasteiger partial charge in [-0.3, -0.25) is 0 Å². The van der Waals surface area contributed by atoms with Crippen LogP contribution < -0.4 is 5.32 Å². The maximum absolute atomic E-state index is 5.92. The molecule has 0 aliphatic carbocycles. The van der Waals surface area contributed by atoms with Gasteiger partial charge in [-0.15, -0.1) is 0 Å². The average molecular weight is 328 g/mol. The normalized spacial score (nSPS) is 22.9. The Kier molecular flexibility index (Phi) is 5.82. The van der Waals surface area contributed by atoms with Crippen LogP contribution in [0.3, 0.4) is 0 Å². The first-order valence-corrected chi connectivity index (χ1v) is 7.59. The fourth-order valence-electron chi connectivity index (χ4n) is 2.52. The van der Waals surface area contributed by atoms with E-state index in [1.807, 2.05) is 0 Å². The predicted molar refractivity (Wildman–Crippen MR) is 80.4 cm³/mol. The molecule has 1 N–H and O–H groups in total. The summed E-state index contributed by atoms with van der Waals surface area (Å²) >= 11 is 3.55. The Hall–Kier alpha value is -0.420. The molecule has 0 amide bonds. The summed E-state index contributed by atoms with van der Waals surface area (Å²) < 4.78 is 12.1. The zero-order valence-corrected chi connectivity index (χ0v) is 13.2. The first-order chi connectivity index (χ1) is 9.22. The van der Waals surface area contributed by atoms with Crippen molar-refractivity contribution in [2.75, 3.05) is 33.4 Å². The van der Waals surface area contributed by atoms with E-state index < -0.39 is 0 Å². The standard InChI is InChI=1S/C15H22BrNO2/c1-11-9-12(3-4-14(11)16)15-13(5-7-19-15)10-17-6-8-18-2/h3-4,9,13,15,17H,5-8,10H2,1-2H3. The van der Waals surface area contributed by atoms with E-state index >= 15 is 0 Å². The minimum atomic E-state index is 0.224. The molecule has 2 atom stereocenters. The van der Waals surface area contributed by atoms with Gasteiger partial charge in [0.25, 0.3) is 0 Å². The molecule has 1 aliphatic rings. The van der Waals surface area contributed by atoms with Crippen LogP contribution in [-0.4, -0.2) is 33.4 Å². The highest BCUT2D eigenvalue weighted by Crippen LogP contribution is 2.35. The molecule has 3 nitrogen and oxygen atoms in total. The lowest BCUT2D eigenvalue weighted by atomic mass is 9.94. The van der Waals surface area contributed by atoms with Crippen molar-refractivity contribution in [2.45, 2.75) is 19.4 Å². The van der Waals surface area contributed by atoms with Crippen molar-refractivity contribution in [3.63, 3.8) is 0 Å². The van der Waals surface area contributed by atoms with Crippen LogP contribution in [0, 0.1) is 12.8 Å². The zero-order chi connectivity index (χ0) is 13.7. The second-order valence-corrected chi connectivity index (χ2v) is 5.90. The molecule has 0 radical (unpaired) electrons. The summed E-state index contributed by atoms with van der Waals surface area (Å²) in [6, 6.07) is 6.50. The van der Waals surface area contributed by atoms with E-state index in [-0.39, 0.29) is 6.10 Å². The summed E-state index contributed by atoms with van der Waals surface area (Å²) in [5.74, 6) is 0.553. The lowest BCUT2D eigenvalue weighted by molar-refractivity contribution is 0.0898. The Bertz CT molecular complexity index is 411. The number of nitrogens with one attached hydrogen (secondary N) is 1. The largest absolute Gasteiger partial charge is 0.383 e. The van der Waals surface area contributed by atoms with Gasteiger partial charge in [0.1, 0.15) is 0 Å². The fourth-order valence-corrected chi connectivity index (χ4v) is 2.76. The third-order valence-corrected chi connectivity index (χ3v) is 4.50. The van der Waals surface area contributed by atoms with Crippen LogP contribution in [0.5, 0.6) is 0 Å². The van der Waals surface area contributed by atoms with Crippen LogP contribution in [0.2, 0.25) is 0 Å². The lowest BCUT2D eigenvalue weighted by Crippen LogP contribution is -2.27. The average Bonchev–Trinajstić information content (AvgIpc) is 2.86. The fraction of sp³-hybridized carbons (Fsp3) is 0.600. The van der Waals surface area contributed by atoms with Gasteiger partial charge in [0.2, 0.25) is 0 Å². The summed E-state index contributed by atoms with van der Waals surface area (Å²) in [5, 5.41) is 3.44. The predicted octanol–water partition coefficient (Wildman–Crippen LogP) is 3.07. The van der Waals surface area contributed by atoms with Gasteiger partial charge >= 0.3 is 0 Å². The van der Waals surface area contributed by atoms with Crippen molar-refractivity contribution >= 4 is 15.9 Å². The van der Waals surface area contributed by atoms with Crippen LogP contribution >= 0.6 is 15.9 Å². The summed E-state index contributed by atoms with van der Waals surface area (Å²) in [5.41, 5.74) is 2.55. The van der Waals surface area contributed by atoms with Gasteiger partial charge in [0, 0.05) is 37.2 Å². The van der Waals surface area contributed by atoms with Gasteiger partial charge in [0.15, 0.2) is 0 Å². The monoisotopic (exact) mass is 327 g/mol. The van der Waals surface area contributed by atoms with Crippen LogP contribution in [0.1, 0.15) is 23.7 Å². The Morgan fingerprint density at radius 1 is 1.47 bits per heavy atom. The van der Waals surface area contributed by atoms with Crippen molar-refractivity contribution in [3.05, 3.63) is 33.8 Å². The molecule has 1 aliphatic heterocycles. The molecule has 1 fully saturated rings. The summed E-state index contributed by atoms with van der Waals surface area (Å²) in [7, 11) is 1.73. The smallest absolute Gasteiger partial charge is 0.0866 e. The van der Waals surface area contributed by atoms with E-state index in [4.69, 9.17) is 9.47 Å². The van der Waals surface area contributed by atoms with E-state index in [2.05, 4.69) is 46.4 Å². The summed E-state index contributed by atoms with van der Waals surface area (Å²) in [6.07, 6.45) is 1.35. The molecule has 106 valence electrons. The quantitative estimate of drug-likeness (QED) is 0.814. The molecule has 1 saturated heterocycles. The van der Waals surface area contributed by atoms with Crippen LogP contribution in [0.4, 0.5) is 0 Å². The van der Waals surface area contributed by atoms with E-state index in [1.165, 1.54) is 11.1 Å². The Morgan fingerprint density at radius 3 is 3.05 bits per heavy atom. The van der Waals surface area contributed by atoms with Crippen LogP contribution in [0.25, 0.3) is 0 Å². The van der Waals surface area contributed by atoms with Crippen LogP contribution in [-0.2, 0) is 9.47 Å². The van der Waals surface area contributed by atoms with Gasteiger partial charge in [-0.1, -0.05) is 28.1 Å². The van der Waals surface area contributed by atoms with Gasteiger partial charge in [-0.25, -0.2) is 0 Å². The molecule has 4 heteroatoms.